The van der Waals surface area contributed by atoms with Gasteiger partial charge in [0.25, 0.3) is 0 Å². The second kappa shape index (κ2) is 15.1. The molecular weight excluding hydrogens is 650 g/mol. The number of hydrogen-bond donors (Lipinski definition) is 1. The van der Waals surface area contributed by atoms with Crippen LogP contribution in [0, 0.1) is 0 Å². The molecule has 43 heavy (non-hydrogen) atoms. The van der Waals surface area contributed by atoms with Gasteiger partial charge in [-0.1, -0.05) is 0 Å². The average Bonchev–Trinajstić information content (AvgIpc) is 3.26. The Morgan fingerprint density at radius 3 is 1.91 bits per heavy atom. The Kier molecular flexibility index (Phi) is 12.0. The first-order chi connectivity index (χ1) is 20.5. The minimum absolute atomic E-state index is 0.0926. The van der Waals surface area contributed by atoms with E-state index < -0.39 is 87.1 Å². The summed E-state index contributed by atoms with van der Waals surface area (Å²) in [5.74, 6) is 1.36. The van der Waals surface area contributed by atoms with Crippen molar-refractivity contribution < 1.29 is 47.0 Å². The van der Waals surface area contributed by atoms with Crippen molar-refractivity contribution in [1.29, 1.82) is 0 Å². The van der Waals surface area contributed by atoms with Gasteiger partial charge in [-0.2, -0.15) is 0 Å². The summed E-state index contributed by atoms with van der Waals surface area (Å²) < 4.78 is 52.9. The number of ether oxygens (including phenoxy) is 5. The summed E-state index contributed by atoms with van der Waals surface area (Å²) in [6.07, 6.45) is -3.51. The molecule has 1 aliphatic rings. The predicted molar refractivity (Wildman–Crippen MR) is 164 cm³/mol. The Bertz CT molecular complexity index is 1340. The van der Waals surface area contributed by atoms with Crippen molar-refractivity contribution in [3.8, 4) is 11.5 Å². The van der Waals surface area contributed by atoms with E-state index in [1.165, 1.54) is 0 Å². The molecule has 0 aliphatic carbocycles. The van der Waals surface area contributed by atoms with Crippen LogP contribution in [0.25, 0.3) is 0 Å². The zero-order valence-corrected chi connectivity index (χ0v) is 31.0. The normalized spacial score (nSPS) is 21.7. The van der Waals surface area contributed by atoms with Gasteiger partial charge in [-0.05, 0) is 0 Å². The van der Waals surface area contributed by atoms with Gasteiger partial charge in [-0.15, -0.1) is 0 Å². The molecule has 0 saturated carbocycles. The molecular formula is C30H36BO10PSr. The third kappa shape index (κ3) is 8.32. The van der Waals surface area contributed by atoms with Gasteiger partial charge >= 0.3 is 261 Å². The van der Waals surface area contributed by atoms with E-state index in [4.69, 9.17) is 32.7 Å². The predicted octanol–water partition coefficient (Wildman–Crippen LogP) is 3.69. The molecule has 13 heteroatoms. The molecule has 10 nitrogen and oxygen atoms in total. The van der Waals surface area contributed by atoms with Crippen LogP contribution in [0.15, 0.2) is 78.9 Å². The van der Waals surface area contributed by atoms with Gasteiger partial charge in [0.05, 0.1) is 14.2 Å². The number of benzene rings is 3. The number of phosphoric ester groups is 1. The third-order valence-electron chi connectivity index (χ3n) is 7.08. The van der Waals surface area contributed by atoms with Crippen LogP contribution in [0.2, 0.25) is 0 Å². The molecule has 3 aromatic carbocycles. The second-order valence-electron chi connectivity index (χ2n) is 10.5. The van der Waals surface area contributed by atoms with Crippen molar-refractivity contribution in [1.82, 2.24) is 0 Å². The number of methoxy groups -OCH3 is 2. The number of carbonyl (C=O) groups is 1. The van der Waals surface area contributed by atoms with E-state index in [1.807, 2.05) is 78.9 Å². The third-order valence-corrected chi connectivity index (χ3v) is 8.86. The Balaban J connectivity index is 1.80. The molecule has 1 aliphatic heterocycles. The van der Waals surface area contributed by atoms with E-state index >= 15 is 0 Å². The van der Waals surface area contributed by atoms with Crippen molar-refractivity contribution in [3.05, 3.63) is 95.6 Å². The van der Waals surface area contributed by atoms with Crippen LogP contribution in [0.5, 0.6) is 11.5 Å². The number of rotatable bonds is 13. The van der Waals surface area contributed by atoms with Crippen molar-refractivity contribution in [2.24, 2.45) is 0 Å². The number of hydrogen-bond acceptors (Lipinski definition) is 9. The fraction of sp³-hybridized carbons (Fsp3) is 0.367. The van der Waals surface area contributed by atoms with E-state index in [2.05, 4.69) is 0 Å². The SMILES string of the molecule is B[C@@H]1O[C@H](COC(c2ccccc2)(c2ccc(OC)cc2)c2ccc(OC)cc2)[C@H](OP(=O)(O)OC(C)C)C1O[C](=O)[SrH]. The molecule has 1 saturated heterocycles. The first-order valence-electron chi connectivity index (χ1n) is 14.0. The molecule has 0 radical (unpaired) electrons. The monoisotopic (exact) mass is 686 g/mol. The Morgan fingerprint density at radius 1 is 0.930 bits per heavy atom. The molecule has 2 unspecified atom stereocenters. The van der Waals surface area contributed by atoms with Crippen LogP contribution in [0.4, 0.5) is 4.79 Å². The first kappa shape index (κ1) is 34.2. The standard InChI is InChI=1S/C30H35BO10P.Sr.H/c1-20(2)40-42(33,34)41-27-26(39-29(31)28(27)37-19-32)18-38-30(21-8-6-5-7-9-21,22-10-14-24(35-3)15-11-22)23-12-16-25(36-4)17-13-23;;/h5-17,20,26-29H,18,31H2,1-4H3,(H,33,34);;/t26-,27+,28?,29-;;/m1../s1. The maximum absolute atomic E-state index is 12.9. The number of carbonyl (C=O) groups excluding carboxylic acids is 1. The summed E-state index contributed by atoms with van der Waals surface area (Å²) in [6.45, 7) is 3.15. The zero-order valence-electron chi connectivity index (χ0n) is 25.2. The van der Waals surface area contributed by atoms with E-state index in [-0.39, 0.29) is 7.55 Å². The van der Waals surface area contributed by atoms with Crippen LogP contribution in [-0.4, -0.2) is 108 Å². The maximum atomic E-state index is 12.9. The summed E-state index contributed by atoms with van der Waals surface area (Å²) in [4.78, 5) is 22.6. The first-order valence-corrected chi connectivity index (χ1v) is 17.9. The molecule has 5 atom stereocenters. The molecule has 1 heterocycles. The molecule has 0 spiro atoms. The van der Waals surface area contributed by atoms with Crippen molar-refractivity contribution in [2.45, 2.75) is 49.9 Å². The molecule has 1 fully saturated rings. The second-order valence-corrected chi connectivity index (χ2v) is 13.8. The Morgan fingerprint density at radius 2 is 1.44 bits per heavy atom. The van der Waals surface area contributed by atoms with Crippen LogP contribution < -0.4 is 9.47 Å². The van der Waals surface area contributed by atoms with Gasteiger partial charge < -0.3 is 9.47 Å². The van der Waals surface area contributed by atoms with Crippen LogP contribution in [0.3, 0.4) is 0 Å². The van der Waals surface area contributed by atoms with E-state index in [0.717, 1.165) is 16.7 Å². The fourth-order valence-corrected chi connectivity index (χ4v) is 7.07. The van der Waals surface area contributed by atoms with E-state index in [0.29, 0.717) is 11.5 Å². The van der Waals surface area contributed by atoms with Crippen molar-refractivity contribution >= 4 is 59.9 Å². The zero-order chi connectivity index (χ0) is 31.2. The minimum atomic E-state index is -4.54. The van der Waals surface area contributed by atoms with Gasteiger partial charge in [-0.25, -0.2) is 0 Å². The van der Waals surface area contributed by atoms with Crippen LogP contribution >= 0.6 is 7.82 Å². The summed E-state index contributed by atoms with van der Waals surface area (Å²) >= 11 is -0.452. The van der Waals surface area contributed by atoms with Gasteiger partial charge in [0.1, 0.15) is 0 Å². The summed E-state index contributed by atoms with van der Waals surface area (Å²) in [5.41, 5.74) is 1.27. The van der Waals surface area contributed by atoms with Crippen molar-refractivity contribution in [3.63, 3.8) is 0 Å². The fourth-order valence-electron chi connectivity index (χ4n) is 5.25. The van der Waals surface area contributed by atoms with Gasteiger partial charge in [0, 0.05) is 0 Å². The van der Waals surface area contributed by atoms with E-state index in [1.54, 1.807) is 35.9 Å². The molecule has 4 rings (SSSR count). The molecule has 0 bridgehead atoms. The van der Waals surface area contributed by atoms with E-state index in [9.17, 15) is 14.3 Å². The van der Waals surface area contributed by atoms with Crippen molar-refractivity contribution in [2.75, 3.05) is 20.8 Å². The summed E-state index contributed by atoms with van der Waals surface area (Å²) in [6, 6.07) is 24.2. The topological polar surface area (TPSA) is 119 Å². The molecule has 0 amide bonds. The Labute approximate surface area is 282 Å². The summed E-state index contributed by atoms with van der Waals surface area (Å²) in [5, 5.41) is 0. The number of phosphoric acid groups is 1. The molecule has 3 aromatic rings. The van der Waals surface area contributed by atoms with Gasteiger partial charge in [-0.3, -0.25) is 0 Å². The molecule has 226 valence electrons. The van der Waals surface area contributed by atoms with Crippen LogP contribution in [0.1, 0.15) is 30.5 Å². The van der Waals surface area contributed by atoms with Crippen LogP contribution in [-0.2, 0) is 33.4 Å². The Hall–Kier alpha value is -1.69. The average molecular weight is 686 g/mol. The molecule has 1 N–H and O–H groups in total. The van der Waals surface area contributed by atoms with Gasteiger partial charge in [0.2, 0.25) is 0 Å². The van der Waals surface area contributed by atoms with Gasteiger partial charge in [0.15, 0.2) is 0 Å². The molecule has 0 aromatic heterocycles. The quantitative estimate of drug-likeness (QED) is 0.162. The summed E-state index contributed by atoms with van der Waals surface area (Å²) in [7, 11) is 0.391.